The van der Waals surface area contributed by atoms with Crippen molar-refractivity contribution in [3.05, 3.63) is 85.3 Å². The predicted molar refractivity (Wildman–Crippen MR) is 71.7 cm³/mol. The van der Waals surface area contributed by atoms with Crippen LogP contribution in [-0.2, 0) is 0 Å². The first-order valence-electron chi connectivity index (χ1n) is 5.30. The van der Waals surface area contributed by atoms with Crippen molar-refractivity contribution in [1.29, 1.82) is 0 Å². The molecule has 1 aliphatic rings. The van der Waals surface area contributed by atoms with Crippen molar-refractivity contribution >= 4 is 0 Å². The Balaban J connectivity index is 2.72. The van der Waals surface area contributed by atoms with E-state index in [4.69, 9.17) is 0 Å². The first-order valence-corrected chi connectivity index (χ1v) is 5.30. The zero-order valence-corrected chi connectivity index (χ0v) is 9.53. The molecule has 1 heteroatoms. The van der Waals surface area contributed by atoms with Gasteiger partial charge in [0.25, 0.3) is 0 Å². The van der Waals surface area contributed by atoms with Crippen LogP contribution < -0.4 is 0 Å². The van der Waals surface area contributed by atoms with Gasteiger partial charge in [0.05, 0.1) is 0 Å². The third kappa shape index (κ3) is 6.44. The van der Waals surface area contributed by atoms with Gasteiger partial charge in [-0.1, -0.05) is 60.8 Å². The van der Waals surface area contributed by atoms with Crippen LogP contribution in [-0.4, -0.2) is 11.9 Å². The number of rotatable bonds is 0. The van der Waals surface area contributed by atoms with E-state index in [1.807, 2.05) is 97.3 Å². The molecule has 0 aromatic carbocycles. The highest BCUT2D eigenvalue weighted by Crippen LogP contribution is 1.91. The standard InChI is InChI=1S/C15H17N/c1-16-14-12-10-8-6-4-2-3-5-7-9-11-13-15-16/h2-15H,1H3/b3-2-,6-4-,7-5-,10-8-,11-9-,14-12-,15-13-. The third-order valence-electron chi connectivity index (χ3n) is 1.86. The lowest BCUT2D eigenvalue weighted by atomic mass is 10.3. The summed E-state index contributed by atoms with van der Waals surface area (Å²) in [7, 11) is 2.00. The van der Waals surface area contributed by atoms with Gasteiger partial charge < -0.3 is 4.90 Å². The van der Waals surface area contributed by atoms with Gasteiger partial charge in [-0.15, -0.1) is 0 Å². The van der Waals surface area contributed by atoms with Crippen LogP contribution in [0.1, 0.15) is 0 Å². The van der Waals surface area contributed by atoms with Crippen molar-refractivity contribution < 1.29 is 0 Å². The molecule has 0 unspecified atom stereocenters. The number of nitrogens with zero attached hydrogens (tertiary/aromatic N) is 1. The second kappa shape index (κ2) is 8.30. The zero-order valence-electron chi connectivity index (χ0n) is 9.53. The number of hydrogen-bond donors (Lipinski definition) is 0. The molecule has 0 saturated heterocycles. The normalized spacial score (nSPS) is 30.4. The van der Waals surface area contributed by atoms with Crippen LogP contribution in [0.2, 0.25) is 0 Å². The highest BCUT2D eigenvalue weighted by molar-refractivity contribution is 5.21. The van der Waals surface area contributed by atoms with E-state index < -0.39 is 0 Å². The second-order valence-corrected chi connectivity index (χ2v) is 3.27. The van der Waals surface area contributed by atoms with E-state index in [0.717, 1.165) is 0 Å². The van der Waals surface area contributed by atoms with Gasteiger partial charge >= 0.3 is 0 Å². The van der Waals surface area contributed by atoms with Crippen LogP contribution in [0.25, 0.3) is 0 Å². The minimum absolute atomic E-state index is 2.00. The van der Waals surface area contributed by atoms with E-state index in [-0.39, 0.29) is 0 Å². The maximum atomic E-state index is 2.00. The molecule has 82 valence electrons. The topological polar surface area (TPSA) is 3.24 Å². The van der Waals surface area contributed by atoms with Crippen LogP contribution in [0.15, 0.2) is 85.3 Å². The van der Waals surface area contributed by atoms with Gasteiger partial charge in [0.15, 0.2) is 0 Å². The van der Waals surface area contributed by atoms with Gasteiger partial charge in [-0.25, -0.2) is 0 Å². The van der Waals surface area contributed by atoms with E-state index in [0.29, 0.717) is 0 Å². The van der Waals surface area contributed by atoms with Crippen LogP contribution in [0.5, 0.6) is 0 Å². The minimum Gasteiger partial charge on any atom is -0.357 e. The van der Waals surface area contributed by atoms with Gasteiger partial charge in [0.2, 0.25) is 0 Å². The molecule has 0 radical (unpaired) electrons. The molecule has 0 fully saturated rings. The molecule has 1 rings (SSSR count). The fraction of sp³-hybridized carbons (Fsp3) is 0.0667. The van der Waals surface area contributed by atoms with Crippen LogP contribution in [0, 0.1) is 0 Å². The fourth-order valence-corrected chi connectivity index (χ4v) is 1.06. The molecule has 0 amide bonds. The molecule has 0 aromatic rings. The molecular weight excluding hydrogens is 194 g/mol. The molecule has 16 heavy (non-hydrogen) atoms. The zero-order chi connectivity index (χ0) is 11.5. The van der Waals surface area contributed by atoms with Crippen molar-refractivity contribution in [1.82, 2.24) is 4.90 Å². The van der Waals surface area contributed by atoms with Gasteiger partial charge in [-0.2, -0.15) is 0 Å². The lowest BCUT2D eigenvalue weighted by Crippen LogP contribution is -1.98. The van der Waals surface area contributed by atoms with E-state index in [1.165, 1.54) is 0 Å². The Morgan fingerprint density at radius 3 is 1.00 bits per heavy atom. The molecule has 1 aliphatic heterocycles. The third-order valence-corrected chi connectivity index (χ3v) is 1.86. The first-order chi connectivity index (χ1) is 7.89. The van der Waals surface area contributed by atoms with E-state index in [9.17, 15) is 0 Å². The van der Waals surface area contributed by atoms with Crippen molar-refractivity contribution in [2.24, 2.45) is 0 Å². The van der Waals surface area contributed by atoms with E-state index in [1.54, 1.807) is 0 Å². The molecule has 0 bridgehead atoms. The fourth-order valence-electron chi connectivity index (χ4n) is 1.06. The molecule has 0 saturated carbocycles. The highest BCUT2D eigenvalue weighted by atomic mass is 15.0. The largest absolute Gasteiger partial charge is 0.357 e. The molecule has 1 nitrogen and oxygen atoms in total. The Kier molecular flexibility index (Phi) is 6.25. The summed E-state index contributed by atoms with van der Waals surface area (Å²) in [5.74, 6) is 0. The van der Waals surface area contributed by atoms with Gasteiger partial charge in [0.1, 0.15) is 0 Å². The Morgan fingerprint density at radius 2 is 0.688 bits per heavy atom. The summed E-state index contributed by atoms with van der Waals surface area (Å²) in [6.07, 6.45) is 28.0. The predicted octanol–water partition coefficient (Wildman–Crippen LogP) is 3.74. The quantitative estimate of drug-likeness (QED) is 0.590. The maximum absolute atomic E-state index is 2.00. The first kappa shape index (κ1) is 12.1. The van der Waals surface area contributed by atoms with Crippen molar-refractivity contribution in [2.75, 3.05) is 7.05 Å². The molecule has 0 spiro atoms. The monoisotopic (exact) mass is 211 g/mol. The molecule has 0 aromatic heterocycles. The molecular formula is C15H17N. The van der Waals surface area contributed by atoms with Gasteiger partial charge in [0, 0.05) is 19.4 Å². The highest BCUT2D eigenvalue weighted by Gasteiger charge is 1.77. The Labute approximate surface area is 97.8 Å². The van der Waals surface area contributed by atoms with Crippen molar-refractivity contribution in [3.8, 4) is 0 Å². The Morgan fingerprint density at radius 1 is 0.438 bits per heavy atom. The summed E-state index contributed by atoms with van der Waals surface area (Å²) < 4.78 is 0. The van der Waals surface area contributed by atoms with Crippen LogP contribution in [0.4, 0.5) is 0 Å². The Hall–Kier alpha value is -2.02. The number of hydrogen-bond acceptors (Lipinski definition) is 1. The smallest absolute Gasteiger partial charge is 0.0106 e. The van der Waals surface area contributed by atoms with Crippen molar-refractivity contribution in [3.63, 3.8) is 0 Å². The lowest BCUT2D eigenvalue weighted by molar-refractivity contribution is 0.626. The average Bonchev–Trinajstić information content (AvgIpc) is 2.29. The van der Waals surface area contributed by atoms with Crippen molar-refractivity contribution in [2.45, 2.75) is 0 Å². The summed E-state index contributed by atoms with van der Waals surface area (Å²) >= 11 is 0. The molecule has 0 aliphatic carbocycles. The molecule has 0 N–H and O–H groups in total. The van der Waals surface area contributed by atoms with Crippen LogP contribution >= 0.6 is 0 Å². The average molecular weight is 211 g/mol. The maximum Gasteiger partial charge on any atom is 0.0106 e. The van der Waals surface area contributed by atoms with Gasteiger partial charge in [-0.05, 0) is 12.2 Å². The number of allylic oxidation sites excluding steroid dienone is 12. The summed E-state index contributed by atoms with van der Waals surface area (Å²) in [6, 6.07) is 0. The van der Waals surface area contributed by atoms with E-state index >= 15 is 0 Å². The lowest BCUT2D eigenvalue weighted by Gasteiger charge is -2.04. The summed E-state index contributed by atoms with van der Waals surface area (Å²) in [5.41, 5.74) is 0. The second-order valence-electron chi connectivity index (χ2n) is 3.27. The Bertz CT molecular complexity index is 340. The minimum atomic E-state index is 2.00. The van der Waals surface area contributed by atoms with Gasteiger partial charge in [-0.3, -0.25) is 0 Å². The summed E-state index contributed by atoms with van der Waals surface area (Å²) in [6.45, 7) is 0. The molecule has 1 heterocycles. The SMILES string of the molecule is CN1\C=C/C=C\C=C/C=C\C=C/C=C\C=C/1. The molecule has 0 atom stereocenters. The van der Waals surface area contributed by atoms with Crippen LogP contribution in [0.3, 0.4) is 0 Å². The summed E-state index contributed by atoms with van der Waals surface area (Å²) in [4.78, 5) is 2.00. The van der Waals surface area contributed by atoms with E-state index in [2.05, 4.69) is 0 Å². The summed E-state index contributed by atoms with van der Waals surface area (Å²) in [5, 5.41) is 0.